The zero-order chi connectivity index (χ0) is 12.4. The molecule has 4 nitrogen and oxygen atoms in total. The van der Waals surface area contributed by atoms with Gasteiger partial charge in [0.1, 0.15) is 0 Å². The standard InChI is InChI=1S/C12H27NO3/c1-5-11(3)13(7-8-15-4)9-12(14)10-16-6-2/h11-12,14H,5-10H2,1-4H3. The second-order valence-electron chi connectivity index (χ2n) is 4.06. The maximum atomic E-state index is 9.79. The topological polar surface area (TPSA) is 41.9 Å². The predicted octanol–water partition coefficient (Wildman–Crippen LogP) is 1.13. The van der Waals surface area contributed by atoms with Crippen molar-refractivity contribution in [2.45, 2.75) is 39.3 Å². The smallest absolute Gasteiger partial charge is 0.0900 e. The quantitative estimate of drug-likeness (QED) is 0.614. The van der Waals surface area contributed by atoms with Gasteiger partial charge in [0.25, 0.3) is 0 Å². The summed E-state index contributed by atoms with van der Waals surface area (Å²) < 4.78 is 10.3. The summed E-state index contributed by atoms with van der Waals surface area (Å²) in [5, 5.41) is 9.79. The van der Waals surface area contributed by atoms with E-state index >= 15 is 0 Å². The van der Waals surface area contributed by atoms with Gasteiger partial charge in [-0.15, -0.1) is 0 Å². The lowest BCUT2D eigenvalue weighted by atomic mass is 10.2. The van der Waals surface area contributed by atoms with Crippen molar-refractivity contribution in [1.29, 1.82) is 0 Å². The minimum Gasteiger partial charge on any atom is -0.389 e. The molecular formula is C12H27NO3. The number of rotatable bonds is 10. The van der Waals surface area contributed by atoms with Gasteiger partial charge >= 0.3 is 0 Å². The molecule has 0 aliphatic carbocycles. The highest BCUT2D eigenvalue weighted by Gasteiger charge is 2.16. The summed E-state index contributed by atoms with van der Waals surface area (Å²) >= 11 is 0. The Balaban J connectivity index is 3.97. The van der Waals surface area contributed by atoms with E-state index in [9.17, 15) is 5.11 Å². The van der Waals surface area contributed by atoms with E-state index in [1.807, 2.05) is 6.92 Å². The third-order valence-corrected chi connectivity index (χ3v) is 2.76. The summed E-state index contributed by atoms with van der Waals surface area (Å²) in [6.07, 6.45) is 0.663. The molecule has 0 aromatic carbocycles. The van der Waals surface area contributed by atoms with Gasteiger partial charge in [-0.2, -0.15) is 0 Å². The minimum absolute atomic E-state index is 0.411. The first kappa shape index (κ1) is 15.8. The van der Waals surface area contributed by atoms with Gasteiger partial charge in [-0.05, 0) is 20.3 Å². The van der Waals surface area contributed by atoms with E-state index in [0.29, 0.717) is 32.4 Å². The average Bonchev–Trinajstić information content (AvgIpc) is 2.30. The van der Waals surface area contributed by atoms with Crippen molar-refractivity contribution in [3.05, 3.63) is 0 Å². The van der Waals surface area contributed by atoms with E-state index in [1.165, 1.54) is 0 Å². The normalized spacial score (nSPS) is 15.4. The molecule has 0 spiro atoms. The molecule has 2 unspecified atom stereocenters. The second-order valence-corrected chi connectivity index (χ2v) is 4.06. The van der Waals surface area contributed by atoms with Crippen LogP contribution in [0.25, 0.3) is 0 Å². The molecular weight excluding hydrogens is 206 g/mol. The molecule has 0 heterocycles. The summed E-state index contributed by atoms with van der Waals surface area (Å²) in [7, 11) is 1.70. The van der Waals surface area contributed by atoms with Gasteiger partial charge in [0.15, 0.2) is 0 Å². The van der Waals surface area contributed by atoms with Crippen molar-refractivity contribution in [3.63, 3.8) is 0 Å². The van der Waals surface area contributed by atoms with E-state index in [1.54, 1.807) is 7.11 Å². The van der Waals surface area contributed by atoms with Gasteiger partial charge in [0.2, 0.25) is 0 Å². The predicted molar refractivity (Wildman–Crippen MR) is 65.7 cm³/mol. The van der Waals surface area contributed by atoms with Crippen molar-refractivity contribution in [2.75, 3.05) is 40.0 Å². The zero-order valence-electron chi connectivity index (χ0n) is 11.1. The summed E-state index contributed by atoms with van der Waals surface area (Å²) in [5.41, 5.74) is 0. The summed E-state index contributed by atoms with van der Waals surface area (Å²) in [6, 6.07) is 0.464. The Morgan fingerprint density at radius 3 is 2.50 bits per heavy atom. The lowest BCUT2D eigenvalue weighted by Gasteiger charge is -2.30. The molecule has 0 amide bonds. The monoisotopic (exact) mass is 233 g/mol. The van der Waals surface area contributed by atoms with E-state index in [4.69, 9.17) is 9.47 Å². The molecule has 0 aliphatic rings. The Morgan fingerprint density at radius 2 is 2.00 bits per heavy atom. The fourth-order valence-electron chi connectivity index (χ4n) is 1.54. The van der Waals surface area contributed by atoms with Gasteiger partial charge < -0.3 is 14.6 Å². The number of aliphatic hydroxyl groups excluding tert-OH is 1. The zero-order valence-corrected chi connectivity index (χ0v) is 11.1. The van der Waals surface area contributed by atoms with Crippen LogP contribution in [-0.4, -0.2) is 62.2 Å². The molecule has 0 saturated carbocycles. The average molecular weight is 233 g/mol. The first-order valence-electron chi connectivity index (χ1n) is 6.14. The van der Waals surface area contributed by atoms with Gasteiger partial charge in [0, 0.05) is 32.8 Å². The largest absolute Gasteiger partial charge is 0.389 e. The second kappa shape index (κ2) is 10.0. The Morgan fingerprint density at radius 1 is 1.31 bits per heavy atom. The molecule has 0 aromatic rings. The first-order valence-corrected chi connectivity index (χ1v) is 6.14. The van der Waals surface area contributed by atoms with Crippen LogP contribution >= 0.6 is 0 Å². The van der Waals surface area contributed by atoms with Crippen LogP contribution in [0.5, 0.6) is 0 Å². The van der Waals surface area contributed by atoms with E-state index < -0.39 is 6.10 Å². The molecule has 0 aliphatic heterocycles. The highest BCUT2D eigenvalue weighted by Crippen LogP contribution is 2.04. The number of ether oxygens (including phenoxy) is 2. The van der Waals surface area contributed by atoms with Gasteiger partial charge in [0.05, 0.1) is 19.3 Å². The lowest BCUT2D eigenvalue weighted by Crippen LogP contribution is -2.42. The number of hydrogen-bond donors (Lipinski definition) is 1. The molecule has 2 atom stereocenters. The third-order valence-electron chi connectivity index (χ3n) is 2.76. The number of hydrogen-bond acceptors (Lipinski definition) is 4. The van der Waals surface area contributed by atoms with Crippen LogP contribution in [0.4, 0.5) is 0 Å². The molecule has 16 heavy (non-hydrogen) atoms. The SMILES string of the molecule is CCOCC(O)CN(CCOC)C(C)CC. The van der Waals surface area contributed by atoms with Crippen molar-refractivity contribution in [2.24, 2.45) is 0 Å². The maximum Gasteiger partial charge on any atom is 0.0900 e. The minimum atomic E-state index is -0.411. The van der Waals surface area contributed by atoms with Gasteiger partial charge in [-0.25, -0.2) is 0 Å². The molecule has 0 bridgehead atoms. The summed E-state index contributed by atoms with van der Waals surface area (Å²) in [4.78, 5) is 2.24. The third kappa shape index (κ3) is 7.17. The van der Waals surface area contributed by atoms with Crippen molar-refractivity contribution in [3.8, 4) is 0 Å². The number of methoxy groups -OCH3 is 1. The van der Waals surface area contributed by atoms with E-state index in [2.05, 4.69) is 18.7 Å². The van der Waals surface area contributed by atoms with Crippen LogP contribution in [0.2, 0.25) is 0 Å². The van der Waals surface area contributed by atoms with Crippen molar-refractivity contribution in [1.82, 2.24) is 4.90 Å². The van der Waals surface area contributed by atoms with Crippen LogP contribution in [0.15, 0.2) is 0 Å². The van der Waals surface area contributed by atoms with Crippen molar-refractivity contribution < 1.29 is 14.6 Å². The fourth-order valence-corrected chi connectivity index (χ4v) is 1.54. The summed E-state index contributed by atoms with van der Waals surface area (Å²) in [5.74, 6) is 0. The van der Waals surface area contributed by atoms with Crippen LogP contribution in [0, 0.1) is 0 Å². The van der Waals surface area contributed by atoms with E-state index in [0.717, 1.165) is 13.0 Å². The Kier molecular flexibility index (Phi) is 9.92. The highest BCUT2D eigenvalue weighted by molar-refractivity contribution is 4.70. The molecule has 1 N–H and O–H groups in total. The molecule has 0 saturated heterocycles. The summed E-state index contributed by atoms with van der Waals surface area (Å²) in [6.45, 7) is 9.53. The number of nitrogens with zero attached hydrogens (tertiary/aromatic N) is 1. The highest BCUT2D eigenvalue weighted by atomic mass is 16.5. The molecule has 0 radical (unpaired) electrons. The maximum absolute atomic E-state index is 9.79. The molecule has 0 fully saturated rings. The number of aliphatic hydroxyl groups is 1. The molecule has 0 rings (SSSR count). The fraction of sp³-hybridized carbons (Fsp3) is 1.00. The Bertz CT molecular complexity index is 155. The van der Waals surface area contributed by atoms with Crippen LogP contribution in [0.3, 0.4) is 0 Å². The van der Waals surface area contributed by atoms with Gasteiger partial charge in [-0.1, -0.05) is 6.92 Å². The molecule has 0 aromatic heterocycles. The first-order chi connectivity index (χ1) is 7.65. The Hall–Kier alpha value is -0.160. The molecule has 4 heteroatoms. The van der Waals surface area contributed by atoms with Crippen LogP contribution in [0.1, 0.15) is 27.2 Å². The van der Waals surface area contributed by atoms with Crippen LogP contribution < -0.4 is 0 Å². The van der Waals surface area contributed by atoms with Crippen LogP contribution in [-0.2, 0) is 9.47 Å². The lowest BCUT2D eigenvalue weighted by molar-refractivity contribution is 0.00775. The Labute approximate surface area is 99.5 Å². The van der Waals surface area contributed by atoms with Crippen molar-refractivity contribution >= 4 is 0 Å². The van der Waals surface area contributed by atoms with Gasteiger partial charge in [-0.3, -0.25) is 4.90 Å². The molecule has 98 valence electrons. The van der Waals surface area contributed by atoms with E-state index in [-0.39, 0.29) is 0 Å².